The third kappa shape index (κ3) is 4.77. The average Bonchev–Trinajstić information content (AvgIpc) is 3.21. The highest BCUT2D eigenvalue weighted by molar-refractivity contribution is 5.80. The number of anilines is 1. The number of amides is 1. The van der Waals surface area contributed by atoms with Gasteiger partial charge in [0.2, 0.25) is 11.9 Å². The van der Waals surface area contributed by atoms with Gasteiger partial charge >= 0.3 is 0 Å². The Balaban J connectivity index is 1.29. The van der Waals surface area contributed by atoms with Crippen molar-refractivity contribution in [1.29, 1.82) is 0 Å². The largest absolute Gasteiger partial charge is 0.352 e. The Morgan fingerprint density at radius 3 is 2.45 bits per heavy atom. The Morgan fingerprint density at radius 2 is 1.67 bits per heavy atom. The second-order valence-corrected chi connectivity index (χ2v) is 8.94. The quantitative estimate of drug-likeness (QED) is 0.465. The summed E-state index contributed by atoms with van der Waals surface area (Å²) in [7, 11) is 0. The molecule has 1 fully saturated rings. The second kappa shape index (κ2) is 9.49. The van der Waals surface area contributed by atoms with Crippen molar-refractivity contribution in [1.82, 2.24) is 14.9 Å². The summed E-state index contributed by atoms with van der Waals surface area (Å²) in [6.07, 6.45) is 1.68. The Morgan fingerprint density at radius 1 is 0.939 bits per heavy atom. The fraction of sp³-hybridized carbons (Fsp3) is 0.286. The number of aryl methyl sites for hydroxylation is 1. The van der Waals surface area contributed by atoms with E-state index in [1.165, 1.54) is 11.1 Å². The highest BCUT2D eigenvalue weighted by Crippen LogP contribution is 2.28. The molecule has 5 heteroatoms. The summed E-state index contributed by atoms with van der Waals surface area (Å²) in [5.41, 5.74) is 5.84. The Hall–Kier alpha value is -3.60. The Kier molecular flexibility index (Phi) is 6.11. The Bertz CT molecular complexity index is 1240. The zero-order valence-corrected chi connectivity index (χ0v) is 19.1. The highest BCUT2D eigenvalue weighted by atomic mass is 16.1. The summed E-state index contributed by atoms with van der Waals surface area (Å²) in [6, 6.07) is 27.1. The number of hydrogen-bond acceptors (Lipinski definition) is 3. The van der Waals surface area contributed by atoms with Gasteiger partial charge in [-0.05, 0) is 43.0 Å². The van der Waals surface area contributed by atoms with E-state index in [0.717, 1.165) is 55.0 Å². The molecule has 1 aliphatic heterocycles. The number of piperidine rings is 1. The monoisotopic (exact) mass is 438 g/mol. The van der Waals surface area contributed by atoms with Crippen molar-refractivity contribution in [2.75, 3.05) is 18.0 Å². The molecule has 3 aromatic carbocycles. The fourth-order valence-corrected chi connectivity index (χ4v) is 4.72. The first-order chi connectivity index (χ1) is 16.2. The van der Waals surface area contributed by atoms with Crippen molar-refractivity contribution < 1.29 is 4.79 Å². The number of imidazole rings is 1. The third-order valence-electron chi connectivity index (χ3n) is 6.52. The van der Waals surface area contributed by atoms with Crippen LogP contribution >= 0.6 is 0 Å². The van der Waals surface area contributed by atoms with Crippen LogP contribution < -0.4 is 10.2 Å². The molecule has 5 rings (SSSR count). The normalized spacial score (nSPS) is 14.5. The summed E-state index contributed by atoms with van der Waals surface area (Å²) in [6.45, 7) is 5.17. The zero-order valence-electron chi connectivity index (χ0n) is 19.1. The number of fused-ring (bicyclic) bond motifs is 1. The molecule has 33 heavy (non-hydrogen) atoms. The fourth-order valence-electron chi connectivity index (χ4n) is 4.72. The Labute approximate surface area is 195 Å². The van der Waals surface area contributed by atoms with Gasteiger partial charge in [0.15, 0.2) is 0 Å². The molecule has 0 bridgehead atoms. The lowest BCUT2D eigenvalue weighted by molar-refractivity contribution is -0.125. The summed E-state index contributed by atoms with van der Waals surface area (Å²) >= 11 is 0. The molecule has 1 amide bonds. The predicted octanol–water partition coefficient (Wildman–Crippen LogP) is 4.93. The van der Waals surface area contributed by atoms with Crippen LogP contribution in [0.25, 0.3) is 11.0 Å². The number of carbonyl (C=O) groups is 1. The van der Waals surface area contributed by atoms with Crippen LogP contribution in [0.2, 0.25) is 0 Å². The lowest BCUT2D eigenvalue weighted by Crippen LogP contribution is -2.41. The average molecular weight is 439 g/mol. The molecule has 0 atom stereocenters. The standard InChI is InChI=1S/C28H30N4O/c1-21-8-7-11-23(18-21)20-32-26-13-6-5-12-25(26)30-28(32)31-16-14-24(15-17-31)27(33)29-19-22-9-3-2-4-10-22/h2-13,18,24H,14-17,19-20H2,1H3,(H,29,33). The summed E-state index contributed by atoms with van der Waals surface area (Å²) in [5.74, 6) is 1.21. The van der Waals surface area contributed by atoms with E-state index in [-0.39, 0.29) is 11.8 Å². The molecule has 2 heterocycles. The van der Waals surface area contributed by atoms with Gasteiger partial charge in [0.25, 0.3) is 0 Å². The number of benzene rings is 3. The van der Waals surface area contributed by atoms with Crippen LogP contribution in [-0.4, -0.2) is 28.5 Å². The SMILES string of the molecule is Cc1cccc(Cn2c(N3CCC(C(=O)NCc4ccccc4)CC3)nc3ccccc32)c1. The molecule has 0 aliphatic carbocycles. The summed E-state index contributed by atoms with van der Waals surface area (Å²) in [5, 5.41) is 3.12. The van der Waals surface area contributed by atoms with E-state index in [0.29, 0.717) is 6.54 Å². The van der Waals surface area contributed by atoms with Crippen LogP contribution in [0.4, 0.5) is 5.95 Å². The molecule has 0 spiro atoms. The summed E-state index contributed by atoms with van der Waals surface area (Å²) in [4.78, 5) is 20.1. The predicted molar refractivity (Wildman–Crippen MR) is 133 cm³/mol. The van der Waals surface area contributed by atoms with Gasteiger partial charge in [-0.25, -0.2) is 4.98 Å². The minimum absolute atomic E-state index is 0.0552. The van der Waals surface area contributed by atoms with E-state index in [9.17, 15) is 4.79 Å². The van der Waals surface area contributed by atoms with Gasteiger partial charge in [0.05, 0.1) is 17.6 Å². The van der Waals surface area contributed by atoms with Gasteiger partial charge in [-0.15, -0.1) is 0 Å². The van der Waals surface area contributed by atoms with Gasteiger partial charge < -0.3 is 14.8 Å². The minimum atomic E-state index is 0.0552. The molecule has 1 aromatic heterocycles. The lowest BCUT2D eigenvalue weighted by atomic mass is 9.96. The zero-order chi connectivity index (χ0) is 22.6. The third-order valence-corrected chi connectivity index (χ3v) is 6.52. The molecule has 168 valence electrons. The molecular weight excluding hydrogens is 408 g/mol. The number of rotatable bonds is 6. The highest BCUT2D eigenvalue weighted by Gasteiger charge is 2.27. The maximum absolute atomic E-state index is 12.7. The van der Waals surface area contributed by atoms with Crippen LogP contribution in [0.5, 0.6) is 0 Å². The van der Waals surface area contributed by atoms with Crippen molar-refractivity contribution in [2.24, 2.45) is 5.92 Å². The van der Waals surface area contributed by atoms with Crippen LogP contribution in [0.3, 0.4) is 0 Å². The van der Waals surface area contributed by atoms with Gasteiger partial charge in [-0.3, -0.25) is 4.79 Å². The number of nitrogens with zero attached hydrogens (tertiary/aromatic N) is 3. The molecule has 4 aromatic rings. The first-order valence-corrected chi connectivity index (χ1v) is 11.7. The van der Waals surface area contributed by atoms with Crippen molar-refractivity contribution in [3.63, 3.8) is 0 Å². The van der Waals surface area contributed by atoms with Crippen molar-refractivity contribution >= 4 is 22.9 Å². The maximum atomic E-state index is 12.7. The molecule has 1 N–H and O–H groups in total. The molecule has 0 unspecified atom stereocenters. The van der Waals surface area contributed by atoms with Crippen LogP contribution in [0.1, 0.15) is 29.5 Å². The molecule has 0 saturated carbocycles. The topological polar surface area (TPSA) is 50.2 Å². The van der Waals surface area contributed by atoms with E-state index < -0.39 is 0 Å². The van der Waals surface area contributed by atoms with Crippen LogP contribution in [0, 0.1) is 12.8 Å². The van der Waals surface area contributed by atoms with Crippen LogP contribution in [0.15, 0.2) is 78.9 Å². The lowest BCUT2D eigenvalue weighted by Gasteiger charge is -2.32. The van der Waals surface area contributed by atoms with E-state index in [1.807, 2.05) is 36.4 Å². The van der Waals surface area contributed by atoms with Crippen molar-refractivity contribution in [3.8, 4) is 0 Å². The van der Waals surface area contributed by atoms with E-state index in [4.69, 9.17) is 4.98 Å². The first kappa shape index (κ1) is 21.3. The van der Waals surface area contributed by atoms with Gasteiger partial charge in [-0.2, -0.15) is 0 Å². The maximum Gasteiger partial charge on any atom is 0.223 e. The molecule has 5 nitrogen and oxygen atoms in total. The smallest absolute Gasteiger partial charge is 0.223 e. The van der Waals surface area contributed by atoms with E-state index >= 15 is 0 Å². The van der Waals surface area contributed by atoms with Crippen LogP contribution in [-0.2, 0) is 17.9 Å². The number of hydrogen-bond donors (Lipinski definition) is 1. The molecule has 1 aliphatic rings. The summed E-state index contributed by atoms with van der Waals surface area (Å²) < 4.78 is 2.32. The number of carbonyl (C=O) groups excluding carboxylic acids is 1. The number of para-hydroxylation sites is 2. The molecule has 1 saturated heterocycles. The minimum Gasteiger partial charge on any atom is -0.352 e. The van der Waals surface area contributed by atoms with Gasteiger partial charge in [0.1, 0.15) is 0 Å². The second-order valence-electron chi connectivity index (χ2n) is 8.94. The first-order valence-electron chi connectivity index (χ1n) is 11.7. The molecular formula is C28H30N4O. The van der Waals surface area contributed by atoms with Gasteiger partial charge in [-0.1, -0.05) is 72.3 Å². The van der Waals surface area contributed by atoms with Crippen molar-refractivity contribution in [2.45, 2.75) is 32.9 Å². The number of nitrogens with one attached hydrogen (secondary N) is 1. The van der Waals surface area contributed by atoms with E-state index in [1.54, 1.807) is 0 Å². The van der Waals surface area contributed by atoms with E-state index in [2.05, 4.69) is 64.2 Å². The van der Waals surface area contributed by atoms with Gasteiger partial charge in [0, 0.05) is 25.6 Å². The number of aromatic nitrogens is 2. The van der Waals surface area contributed by atoms with Crippen molar-refractivity contribution in [3.05, 3.63) is 95.6 Å². The molecule has 0 radical (unpaired) electrons.